The number of aliphatic hydroxyl groups excluding tert-OH is 1. The van der Waals surface area contributed by atoms with Crippen molar-refractivity contribution in [1.29, 1.82) is 0 Å². The van der Waals surface area contributed by atoms with E-state index in [-0.39, 0.29) is 6.10 Å². The summed E-state index contributed by atoms with van der Waals surface area (Å²) in [5.41, 5.74) is 0.878. The zero-order valence-corrected chi connectivity index (χ0v) is 8.76. The van der Waals surface area contributed by atoms with Crippen molar-refractivity contribution in [3.8, 4) is 0 Å². The summed E-state index contributed by atoms with van der Waals surface area (Å²) < 4.78 is 5.27. The highest BCUT2D eigenvalue weighted by atomic mass is 16.5. The molecule has 15 heavy (non-hydrogen) atoms. The molecule has 0 amide bonds. The zero-order chi connectivity index (χ0) is 10.7. The molecule has 0 unspecified atom stereocenters. The van der Waals surface area contributed by atoms with E-state index in [1.54, 1.807) is 0 Å². The topological polar surface area (TPSA) is 58.5 Å². The van der Waals surface area contributed by atoms with Crippen molar-refractivity contribution >= 4 is 5.82 Å². The van der Waals surface area contributed by atoms with Crippen LogP contribution in [0.1, 0.15) is 12.6 Å². The van der Waals surface area contributed by atoms with Gasteiger partial charge >= 0.3 is 0 Å². The summed E-state index contributed by atoms with van der Waals surface area (Å²) in [7, 11) is 0. The van der Waals surface area contributed by atoms with Gasteiger partial charge in [0.2, 0.25) is 0 Å². The number of rotatable bonds is 4. The van der Waals surface area contributed by atoms with Crippen molar-refractivity contribution in [1.82, 2.24) is 9.97 Å². The molecule has 0 saturated carbocycles. The maximum Gasteiger partial charge on any atom is 0.132 e. The number of anilines is 1. The van der Waals surface area contributed by atoms with Gasteiger partial charge in [0.15, 0.2) is 0 Å². The van der Waals surface area contributed by atoms with Gasteiger partial charge < -0.3 is 14.7 Å². The molecule has 2 heterocycles. The molecule has 1 aromatic rings. The molecule has 1 saturated heterocycles. The minimum atomic E-state index is -0.213. The third kappa shape index (κ3) is 2.43. The van der Waals surface area contributed by atoms with E-state index in [9.17, 15) is 5.11 Å². The van der Waals surface area contributed by atoms with Crippen LogP contribution >= 0.6 is 0 Å². The number of β-amino-alcohol motifs (C(OH)–C–C–N with tert-alkyl or cyclic N) is 1. The largest absolute Gasteiger partial charge is 0.389 e. The Bertz CT molecular complexity index is 326. The summed E-state index contributed by atoms with van der Waals surface area (Å²) in [6, 6.07) is 1.90. The molecule has 0 radical (unpaired) electrons. The van der Waals surface area contributed by atoms with Crippen LogP contribution in [-0.4, -0.2) is 40.9 Å². The van der Waals surface area contributed by atoms with E-state index in [1.165, 1.54) is 6.33 Å². The normalized spacial score (nSPS) is 16.5. The van der Waals surface area contributed by atoms with E-state index in [1.807, 2.05) is 17.9 Å². The predicted molar refractivity (Wildman–Crippen MR) is 55.6 cm³/mol. The quantitative estimate of drug-likeness (QED) is 0.767. The lowest BCUT2D eigenvalue weighted by atomic mass is 10.2. The van der Waals surface area contributed by atoms with Gasteiger partial charge in [-0.15, -0.1) is 0 Å². The van der Waals surface area contributed by atoms with E-state index < -0.39 is 0 Å². The Kier molecular flexibility index (Phi) is 3.13. The van der Waals surface area contributed by atoms with Gasteiger partial charge in [-0.3, -0.25) is 0 Å². The predicted octanol–water partition coefficient (Wildman–Crippen LogP) is 0.194. The number of aromatic nitrogens is 2. The second kappa shape index (κ2) is 4.55. The molecule has 0 aromatic carbocycles. The molecule has 5 heteroatoms. The van der Waals surface area contributed by atoms with Crippen molar-refractivity contribution in [3.63, 3.8) is 0 Å². The van der Waals surface area contributed by atoms with Gasteiger partial charge in [-0.25, -0.2) is 9.97 Å². The highest BCUT2D eigenvalue weighted by Crippen LogP contribution is 2.18. The molecule has 82 valence electrons. The first kappa shape index (κ1) is 10.3. The summed E-state index contributed by atoms with van der Waals surface area (Å²) in [5, 5.41) is 9.18. The fourth-order valence-corrected chi connectivity index (χ4v) is 1.49. The third-order valence-electron chi connectivity index (χ3n) is 2.35. The molecule has 0 spiro atoms. The molecule has 1 N–H and O–H groups in total. The van der Waals surface area contributed by atoms with Crippen molar-refractivity contribution in [2.24, 2.45) is 0 Å². The monoisotopic (exact) mass is 209 g/mol. The zero-order valence-electron chi connectivity index (χ0n) is 8.76. The minimum absolute atomic E-state index is 0.213. The summed E-state index contributed by atoms with van der Waals surface area (Å²) in [5.74, 6) is 0.866. The van der Waals surface area contributed by atoms with Gasteiger partial charge in [0.25, 0.3) is 0 Å². The van der Waals surface area contributed by atoms with Gasteiger partial charge in [-0.1, -0.05) is 0 Å². The van der Waals surface area contributed by atoms with Crippen LogP contribution in [0.4, 0.5) is 5.82 Å². The van der Waals surface area contributed by atoms with E-state index in [4.69, 9.17) is 4.74 Å². The number of ether oxygens (including phenoxy) is 1. The summed E-state index contributed by atoms with van der Waals surface area (Å²) in [6.45, 7) is 4.47. The van der Waals surface area contributed by atoms with Gasteiger partial charge in [-0.2, -0.15) is 0 Å². The van der Waals surface area contributed by atoms with Crippen LogP contribution in [0, 0.1) is 0 Å². The van der Waals surface area contributed by atoms with Crippen LogP contribution in [-0.2, 0) is 11.3 Å². The van der Waals surface area contributed by atoms with Crippen LogP contribution in [0.15, 0.2) is 12.4 Å². The lowest BCUT2D eigenvalue weighted by molar-refractivity contribution is 0.130. The molecule has 1 aromatic heterocycles. The molecule has 1 aliphatic heterocycles. The molecule has 0 bridgehead atoms. The number of nitrogens with zero attached hydrogens (tertiary/aromatic N) is 3. The van der Waals surface area contributed by atoms with Crippen molar-refractivity contribution in [2.75, 3.05) is 24.6 Å². The smallest absolute Gasteiger partial charge is 0.132 e. The van der Waals surface area contributed by atoms with Crippen LogP contribution in [0.25, 0.3) is 0 Å². The van der Waals surface area contributed by atoms with Crippen molar-refractivity contribution in [3.05, 3.63) is 18.1 Å². The summed E-state index contributed by atoms with van der Waals surface area (Å²) in [4.78, 5) is 10.3. The lowest BCUT2D eigenvalue weighted by Gasteiger charge is -2.36. The molecule has 2 rings (SSSR count). The molecule has 0 atom stereocenters. The van der Waals surface area contributed by atoms with Crippen LogP contribution in [0.2, 0.25) is 0 Å². The molecule has 1 aliphatic rings. The maximum absolute atomic E-state index is 9.18. The SMILES string of the molecule is CCOCc1cc(N2CC(O)C2)ncn1. The average Bonchev–Trinajstić information content (AvgIpc) is 2.22. The van der Waals surface area contributed by atoms with Crippen LogP contribution in [0.5, 0.6) is 0 Å². The Hall–Kier alpha value is -1.20. The van der Waals surface area contributed by atoms with Gasteiger partial charge in [-0.05, 0) is 6.92 Å². The maximum atomic E-state index is 9.18. The second-order valence-electron chi connectivity index (χ2n) is 3.56. The Balaban J connectivity index is 1.99. The van der Waals surface area contributed by atoms with Gasteiger partial charge in [0.05, 0.1) is 18.4 Å². The minimum Gasteiger partial charge on any atom is -0.389 e. The summed E-state index contributed by atoms with van der Waals surface area (Å²) >= 11 is 0. The van der Waals surface area contributed by atoms with E-state index in [0.29, 0.717) is 26.3 Å². The average molecular weight is 209 g/mol. The first-order valence-electron chi connectivity index (χ1n) is 5.11. The Morgan fingerprint density at radius 1 is 1.53 bits per heavy atom. The first-order valence-corrected chi connectivity index (χ1v) is 5.11. The highest BCUT2D eigenvalue weighted by molar-refractivity contribution is 5.42. The third-order valence-corrected chi connectivity index (χ3v) is 2.35. The number of hydrogen-bond donors (Lipinski definition) is 1. The van der Waals surface area contributed by atoms with Gasteiger partial charge in [0, 0.05) is 25.8 Å². The number of aliphatic hydroxyl groups is 1. The molecule has 0 aliphatic carbocycles. The van der Waals surface area contributed by atoms with Crippen molar-refractivity contribution < 1.29 is 9.84 Å². The summed E-state index contributed by atoms with van der Waals surface area (Å²) in [6.07, 6.45) is 1.32. The van der Waals surface area contributed by atoms with Gasteiger partial charge in [0.1, 0.15) is 12.1 Å². The Labute approximate surface area is 88.7 Å². The Morgan fingerprint density at radius 2 is 2.33 bits per heavy atom. The standard InChI is InChI=1S/C10H15N3O2/c1-2-15-6-8-3-10(12-7-11-8)13-4-9(14)5-13/h3,7,9,14H,2,4-6H2,1H3. The van der Waals surface area contributed by atoms with Crippen LogP contribution in [0.3, 0.4) is 0 Å². The van der Waals surface area contributed by atoms with E-state index in [2.05, 4.69) is 9.97 Å². The van der Waals surface area contributed by atoms with Crippen molar-refractivity contribution in [2.45, 2.75) is 19.6 Å². The molecule has 1 fully saturated rings. The fraction of sp³-hybridized carbons (Fsp3) is 0.600. The fourth-order valence-electron chi connectivity index (χ4n) is 1.49. The molecular formula is C10H15N3O2. The van der Waals surface area contributed by atoms with Crippen LogP contribution < -0.4 is 4.90 Å². The Morgan fingerprint density at radius 3 is 3.00 bits per heavy atom. The van der Waals surface area contributed by atoms with E-state index in [0.717, 1.165) is 11.5 Å². The lowest BCUT2D eigenvalue weighted by Crippen LogP contribution is -2.51. The number of hydrogen-bond acceptors (Lipinski definition) is 5. The molecular weight excluding hydrogens is 194 g/mol. The highest BCUT2D eigenvalue weighted by Gasteiger charge is 2.25. The van der Waals surface area contributed by atoms with E-state index >= 15 is 0 Å². The second-order valence-corrected chi connectivity index (χ2v) is 3.56. The first-order chi connectivity index (χ1) is 7.29. The molecule has 5 nitrogen and oxygen atoms in total.